The molecule has 0 aromatic heterocycles. The van der Waals surface area contributed by atoms with Gasteiger partial charge in [-0.15, -0.1) is 0 Å². The average molecular weight is 462 g/mol. The number of hydrogen-bond donors (Lipinski definition) is 2. The van der Waals surface area contributed by atoms with Crippen LogP contribution in [0.25, 0.3) is 0 Å². The number of imide groups is 4. The van der Waals surface area contributed by atoms with Gasteiger partial charge in [-0.05, 0) is 18.2 Å². The van der Waals surface area contributed by atoms with E-state index in [1.165, 1.54) is 54.7 Å². The summed E-state index contributed by atoms with van der Waals surface area (Å²) in [5, 5.41) is 4.06. The highest BCUT2D eigenvalue weighted by Gasteiger charge is 2.28. The molecule has 0 saturated carbocycles. The Morgan fingerprint density at radius 1 is 0.441 bits per heavy atom. The van der Waals surface area contributed by atoms with Gasteiger partial charge in [-0.2, -0.15) is 0 Å². The fourth-order valence-corrected chi connectivity index (χ4v) is 2.79. The Labute approximate surface area is 190 Å². The summed E-state index contributed by atoms with van der Waals surface area (Å²) in [6.45, 7) is 0. The molecule has 34 heavy (non-hydrogen) atoms. The summed E-state index contributed by atoms with van der Waals surface area (Å²) in [5.74, 6) is -3.13. The number of nitrogens with zero attached hydrogens (tertiary/aromatic N) is 2. The number of nitrogens with one attached hydrogen (secondary N) is 2. The summed E-state index contributed by atoms with van der Waals surface area (Å²) in [4.78, 5) is 88.5. The fourth-order valence-electron chi connectivity index (χ4n) is 2.79. The van der Waals surface area contributed by atoms with Gasteiger partial charge in [0.25, 0.3) is 47.3 Å². The maximum absolute atomic E-state index is 11.6. The van der Waals surface area contributed by atoms with E-state index in [9.17, 15) is 38.4 Å². The van der Waals surface area contributed by atoms with E-state index in [0.29, 0.717) is 11.4 Å². The summed E-state index contributed by atoms with van der Waals surface area (Å²) < 4.78 is 0. The van der Waals surface area contributed by atoms with Crippen molar-refractivity contribution in [3.05, 3.63) is 72.9 Å². The number of carbonyl (C=O) groups excluding carboxylic acids is 8. The van der Waals surface area contributed by atoms with Crippen LogP contribution in [0.1, 0.15) is 0 Å². The lowest BCUT2D eigenvalue weighted by atomic mass is 10.2. The largest absolute Gasteiger partial charge is 0.289 e. The molecule has 170 valence electrons. The van der Waals surface area contributed by atoms with Gasteiger partial charge in [0.05, 0.1) is 11.4 Å². The van der Waals surface area contributed by atoms with Crippen LogP contribution in [0.15, 0.2) is 72.9 Å². The quantitative estimate of drug-likeness (QED) is 0.525. The lowest BCUT2D eigenvalue weighted by molar-refractivity contribution is -0.125. The summed E-state index contributed by atoms with van der Waals surface area (Å²) >= 11 is 0. The van der Waals surface area contributed by atoms with Gasteiger partial charge in [0, 0.05) is 48.6 Å². The molecular formula is C22H14N4O8. The molecule has 12 nitrogen and oxygen atoms in total. The van der Waals surface area contributed by atoms with Crippen LogP contribution in [0.5, 0.6) is 0 Å². The van der Waals surface area contributed by atoms with Gasteiger partial charge in [-0.25, -0.2) is 9.80 Å². The van der Waals surface area contributed by atoms with E-state index in [1.54, 1.807) is 18.2 Å². The third-order valence-electron chi connectivity index (χ3n) is 4.23. The first kappa shape index (κ1) is 23.4. The van der Waals surface area contributed by atoms with Crippen LogP contribution in [-0.4, -0.2) is 47.3 Å². The first-order valence-electron chi connectivity index (χ1n) is 9.44. The number of hydrogen-bond acceptors (Lipinski definition) is 8. The Morgan fingerprint density at radius 3 is 0.971 bits per heavy atom. The lowest BCUT2D eigenvalue weighted by Crippen LogP contribution is -2.31. The molecule has 12 heteroatoms. The maximum atomic E-state index is 11.6. The topological polar surface area (TPSA) is 167 Å². The molecule has 0 atom stereocenters. The van der Waals surface area contributed by atoms with Crippen LogP contribution < -0.4 is 20.4 Å². The molecule has 0 saturated heterocycles. The van der Waals surface area contributed by atoms with E-state index in [4.69, 9.17) is 0 Å². The summed E-state index contributed by atoms with van der Waals surface area (Å²) in [6.07, 6.45) is 9.46. The number of anilines is 2. The highest BCUT2D eigenvalue weighted by molar-refractivity contribution is 6.30. The highest BCUT2D eigenvalue weighted by Crippen LogP contribution is 2.26. The van der Waals surface area contributed by atoms with Crippen LogP contribution in [0.2, 0.25) is 0 Å². The average Bonchev–Trinajstić information content (AvgIpc) is 3.54. The zero-order valence-corrected chi connectivity index (χ0v) is 17.1. The van der Waals surface area contributed by atoms with Gasteiger partial charge in [0.2, 0.25) is 0 Å². The Bertz CT molecular complexity index is 1110. The first-order valence-corrected chi connectivity index (χ1v) is 9.44. The molecule has 1 aromatic rings. The molecule has 8 amide bonds. The van der Waals surface area contributed by atoms with Gasteiger partial charge in [0.15, 0.2) is 0 Å². The van der Waals surface area contributed by atoms with Crippen LogP contribution in [0, 0.1) is 0 Å². The first-order chi connectivity index (χ1) is 16.2. The second kappa shape index (κ2) is 9.91. The van der Waals surface area contributed by atoms with Crippen molar-refractivity contribution in [2.45, 2.75) is 0 Å². The van der Waals surface area contributed by atoms with Gasteiger partial charge in [-0.3, -0.25) is 49.0 Å². The summed E-state index contributed by atoms with van der Waals surface area (Å²) in [7, 11) is 0. The Kier molecular flexibility index (Phi) is 6.82. The highest BCUT2D eigenvalue weighted by atomic mass is 16.2. The van der Waals surface area contributed by atoms with Gasteiger partial charge >= 0.3 is 0 Å². The number of amides is 8. The molecule has 0 aliphatic carbocycles. The van der Waals surface area contributed by atoms with Gasteiger partial charge in [0.1, 0.15) is 0 Å². The normalized spacial score (nSPS) is 17.8. The predicted octanol–water partition coefficient (Wildman–Crippen LogP) is -1.06. The Hall–Kier alpha value is -5.26. The van der Waals surface area contributed by atoms with Crippen molar-refractivity contribution in [3.8, 4) is 0 Å². The zero-order valence-electron chi connectivity index (χ0n) is 17.1. The van der Waals surface area contributed by atoms with Crippen LogP contribution in [0.4, 0.5) is 11.4 Å². The molecule has 4 aliphatic heterocycles. The van der Waals surface area contributed by atoms with Crippen molar-refractivity contribution in [3.63, 3.8) is 0 Å². The second-order valence-corrected chi connectivity index (χ2v) is 6.58. The summed E-state index contributed by atoms with van der Waals surface area (Å²) in [5.41, 5.74) is 0.630. The van der Waals surface area contributed by atoms with Crippen LogP contribution in [-0.2, 0) is 38.4 Å². The molecule has 2 N–H and O–H groups in total. The van der Waals surface area contributed by atoms with Crippen molar-refractivity contribution < 1.29 is 38.4 Å². The fraction of sp³-hybridized carbons (Fsp3) is 0. The number of carbonyl (C=O) groups is 8. The molecule has 0 unspecified atom stereocenters. The SMILES string of the molecule is O=C1C=CC(=O)N1.O=C1C=CC(=O)N1.O=C1C=CC(=O)N1c1cccc(N2C(=O)C=CC2=O)c1. The van der Waals surface area contributed by atoms with E-state index in [0.717, 1.165) is 9.80 Å². The van der Waals surface area contributed by atoms with Crippen molar-refractivity contribution in [2.24, 2.45) is 0 Å². The van der Waals surface area contributed by atoms with E-state index >= 15 is 0 Å². The monoisotopic (exact) mass is 462 g/mol. The molecule has 1 aromatic carbocycles. The minimum absolute atomic E-state index is 0.315. The Balaban J connectivity index is 0.000000188. The number of benzene rings is 1. The second-order valence-electron chi connectivity index (χ2n) is 6.58. The summed E-state index contributed by atoms with van der Waals surface area (Å²) in [6, 6.07) is 6.14. The van der Waals surface area contributed by atoms with Crippen molar-refractivity contribution in [1.29, 1.82) is 0 Å². The smallest absolute Gasteiger partial charge is 0.258 e. The minimum atomic E-state index is -0.454. The number of rotatable bonds is 2. The molecule has 4 heterocycles. The van der Waals surface area contributed by atoms with Gasteiger partial charge < -0.3 is 0 Å². The minimum Gasteiger partial charge on any atom is -0.289 e. The standard InChI is InChI=1S/C14H8N2O4.2C4H3NO2/c17-11-4-5-12(18)15(11)9-2-1-3-10(8-9)16-13(19)6-7-14(16)20;2*6-3-1-2-4(7)5-3/h1-8H;2*1-2H,(H,5,6,7). The van der Waals surface area contributed by atoms with Gasteiger partial charge in [-0.1, -0.05) is 6.07 Å². The maximum Gasteiger partial charge on any atom is 0.258 e. The lowest BCUT2D eigenvalue weighted by Gasteiger charge is -2.18. The third-order valence-corrected chi connectivity index (χ3v) is 4.23. The Morgan fingerprint density at radius 2 is 0.735 bits per heavy atom. The molecule has 5 rings (SSSR count). The van der Waals surface area contributed by atoms with E-state index in [1.807, 2.05) is 10.6 Å². The van der Waals surface area contributed by atoms with Crippen LogP contribution >= 0.6 is 0 Å². The molecule has 0 spiro atoms. The molecule has 0 radical (unpaired) electrons. The van der Waals surface area contributed by atoms with E-state index in [-0.39, 0.29) is 23.6 Å². The molecular weight excluding hydrogens is 448 g/mol. The molecule has 0 bridgehead atoms. The van der Waals surface area contributed by atoms with Crippen LogP contribution in [0.3, 0.4) is 0 Å². The van der Waals surface area contributed by atoms with E-state index < -0.39 is 23.6 Å². The van der Waals surface area contributed by atoms with E-state index in [2.05, 4.69) is 0 Å². The predicted molar refractivity (Wildman–Crippen MR) is 114 cm³/mol. The zero-order chi connectivity index (χ0) is 24.8. The van der Waals surface area contributed by atoms with Crippen molar-refractivity contribution in [2.75, 3.05) is 9.80 Å². The molecule has 0 fully saturated rings. The molecule has 4 aliphatic rings. The third kappa shape index (κ3) is 5.50. The van der Waals surface area contributed by atoms with Crippen molar-refractivity contribution in [1.82, 2.24) is 10.6 Å². The van der Waals surface area contributed by atoms with Crippen molar-refractivity contribution >= 4 is 58.6 Å².